The summed E-state index contributed by atoms with van der Waals surface area (Å²) in [6, 6.07) is 8.73. The molecule has 0 saturated carbocycles. The highest BCUT2D eigenvalue weighted by Crippen LogP contribution is 2.59. The number of hydrogen-bond donors (Lipinski definition) is 2. The highest BCUT2D eigenvalue weighted by molar-refractivity contribution is 6.31. The van der Waals surface area contributed by atoms with Gasteiger partial charge < -0.3 is 19.9 Å². The van der Waals surface area contributed by atoms with Crippen LogP contribution in [0.2, 0.25) is 10.0 Å². The van der Waals surface area contributed by atoms with Crippen molar-refractivity contribution in [1.82, 2.24) is 4.90 Å². The minimum Gasteiger partial charge on any atom is -0.465 e. The summed E-state index contributed by atoms with van der Waals surface area (Å²) < 4.78 is 25.8. The summed E-state index contributed by atoms with van der Waals surface area (Å²) in [4.78, 5) is 51.4. The molecule has 1 fully saturated rings. The minimum absolute atomic E-state index is 0. The third-order valence-corrected chi connectivity index (χ3v) is 9.12. The van der Waals surface area contributed by atoms with Gasteiger partial charge in [-0.15, -0.1) is 0 Å². The van der Waals surface area contributed by atoms with Gasteiger partial charge in [0.1, 0.15) is 11.4 Å². The molecule has 0 bridgehead atoms. The summed E-state index contributed by atoms with van der Waals surface area (Å²) >= 11 is 12.4. The molecule has 47 heavy (non-hydrogen) atoms. The maximum absolute atomic E-state index is 15.9. The number of anilines is 1. The van der Waals surface area contributed by atoms with Crippen LogP contribution in [0.4, 0.5) is 15.8 Å². The number of rotatable bonds is 10. The summed E-state index contributed by atoms with van der Waals surface area (Å²) in [6.07, 6.45) is -2.22. The van der Waals surface area contributed by atoms with Crippen LogP contribution in [-0.2, 0) is 19.8 Å². The van der Waals surface area contributed by atoms with E-state index in [-0.39, 0.29) is 58.6 Å². The van der Waals surface area contributed by atoms with E-state index in [4.69, 9.17) is 27.9 Å². The summed E-state index contributed by atoms with van der Waals surface area (Å²) in [5, 5.41) is 39.3. The molecule has 2 aliphatic rings. The summed E-state index contributed by atoms with van der Waals surface area (Å²) in [5.74, 6) is -4.02. The van der Waals surface area contributed by atoms with Crippen LogP contribution in [0.15, 0.2) is 54.6 Å². The van der Waals surface area contributed by atoms with Gasteiger partial charge in [0.2, 0.25) is 6.04 Å². The molecular formula is C31H31Cl2FN4O9. The molecule has 16 heteroatoms. The number of nitrogens with one attached hydrogen (secondary N) is 1. The number of nitro groups is 2. The molecule has 2 N–H and O–H groups in total. The number of carbonyl (C=O) groups is 2. The average molecular weight is 694 g/mol. The number of aliphatic hydroxyl groups is 1. The maximum Gasteiger partial charge on any atom is 0.338 e. The van der Waals surface area contributed by atoms with Crippen LogP contribution >= 0.6 is 23.2 Å². The molecule has 3 aromatic rings. The number of methoxy groups -OCH3 is 2. The van der Waals surface area contributed by atoms with Crippen molar-refractivity contribution in [2.75, 3.05) is 32.7 Å². The van der Waals surface area contributed by atoms with Crippen molar-refractivity contribution in [1.29, 1.82) is 0 Å². The second kappa shape index (κ2) is 13.9. The van der Waals surface area contributed by atoms with Gasteiger partial charge in [-0.1, -0.05) is 48.8 Å². The molecule has 0 aromatic heterocycles. The van der Waals surface area contributed by atoms with Crippen LogP contribution in [-0.4, -0.2) is 71.2 Å². The van der Waals surface area contributed by atoms with E-state index < -0.39 is 69.3 Å². The lowest BCUT2D eigenvalue weighted by Crippen LogP contribution is -2.53. The van der Waals surface area contributed by atoms with E-state index in [0.29, 0.717) is 0 Å². The third kappa shape index (κ3) is 5.91. The van der Waals surface area contributed by atoms with Gasteiger partial charge in [-0.25, -0.2) is 9.18 Å². The quantitative estimate of drug-likeness (QED) is 0.157. The zero-order valence-electron chi connectivity index (χ0n) is 24.3. The maximum atomic E-state index is 15.9. The standard InChI is InChI=1S/C30H27Cl2FN4O9.CH4/c1-45-11-10-35-23(14-24(38)17-8-6-15(28(39)46-2)12-22(17)36(41)42)27(37(43)44)25(18-4-3-5-20(32)26(18)33)30(35)19-9-7-16(31)13-21(19)34-29(30)40;/h3-9,12-13,23-25,27,38H,10-11,14H2,1-2H3,(H,34,40);1H4/t23-,24?,25-,27+,30+;/m0./s1. The van der Waals surface area contributed by atoms with E-state index in [1.165, 1.54) is 54.5 Å². The number of halogens is 3. The molecular weight excluding hydrogens is 662 g/mol. The number of nitro benzene ring substituents is 1. The van der Waals surface area contributed by atoms with E-state index in [1.807, 2.05) is 0 Å². The fraction of sp³-hybridized carbons (Fsp3) is 0.355. The molecule has 1 spiro atoms. The van der Waals surface area contributed by atoms with Crippen LogP contribution < -0.4 is 5.32 Å². The Morgan fingerprint density at radius 2 is 1.87 bits per heavy atom. The second-order valence-electron chi connectivity index (χ2n) is 10.8. The number of aliphatic hydroxyl groups excluding tert-OH is 1. The van der Waals surface area contributed by atoms with Gasteiger partial charge >= 0.3 is 5.97 Å². The number of nitrogens with zero attached hydrogens (tertiary/aromatic N) is 3. The smallest absolute Gasteiger partial charge is 0.338 e. The van der Waals surface area contributed by atoms with Gasteiger partial charge in [0, 0.05) is 46.5 Å². The van der Waals surface area contributed by atoms with Gasteiger partial charge in [0.05, 0.1) is 52.9 Å². The van der Waals surface area contributed by atoms with Gasteiger partial charge in [0.15, 0.2) is 0 Å². The number of amides is 1. The monoisotopic (exact) mass is 692 g/mol. The van der Waals surface area contributed by atoms with Crippen molar-refractivity contribution < 1.29 is 38.4 Å². The lowest BCUT2D eigenvalue weighted by Gasteiger charge is -2.38. The van der Waals surface area contributed by atoms with Gasteiger partial charge in [-0.2, -0.15) is 0 Å². The van der Waals surface area contributed by atoms with Crippen LogP contribution in [0.5, 0.6) is 0 Å². The number of esters is 1. The van der Waals surface area contributed by atoms with Crippen molar-refractivity contribution in [3.8, 4) is 0 Å². The molecule has 2 aliphatic heterocycles. The van der Waals surface area contributed by atoms with E-state index in [9.17, 15) is 34.9 Å². The molecule has 1 amide bonds. The van der Waals surface area contributed by atoms with Crippen molar-refractivity contribution in [2.45, 2.75) is 43.5 Å². The Labute approximate surface area is 278 Å². The number of carbonyl (C=O) groups excluding carboxylic acids is 2. The molecule has 0 radical (unpaired) electrons. The Bertz CT molecular complexity index is 1740. The first-order chi connectivity index (χ1) is 21.9. The topological polar surface area (TPSA) is 174 Å². The van der Waals surface area contributed by atoms with E-state index in [1.54, 1.807) is 0 Å². The Kier molecular flexibility index (Phi) is 10.5. The van der Waals surface area contributed by atoms with E-state index in [0.717, 1.165) is 19.2 Å². The van der Waals surface area contributed by atoms with Gasteiger partial charge in [0.25, 0.3) is 11.6 Å². The highest BCUT2D eigenvalue weighted by Gasteiger charge is 2.71. The lowest BCUT2D eigenvalue weighted by molar-refractivity contribution is -0.528. The molecule has 5 atom stereocenters. The van der Waals surface area contributed by atoms with Crippen LogP contribution in [0.1, 0.15) is 52.9 Å². The fourth-order valence-corrected chi connectivity index (χ4v) is 7.15. The van der Waals surface area contributed by atoms with Crippen molar-refractivity contribution in [2.24, 2.45) is 0 Å². The number of likely N-dealkylation sites (tertiary alicyclic amines) is 1. The largest absolute Gasteiger partial charge is 0.465 e. The van der Waals surface area contributed by atoms with Gasteiger partial charge in [-0.3, -0.25) is 29.9 Å². The Balaban J connectivity index is 0.00000500. The zero-order valence-corrected chi connectivity index (χ0v) is 25.8. The summed E-state index contributed by atoms with van der Waals surface area (Å²) in [6.45, 7) is -0.135. The highest BCUT2D eigenvalue weighted by atomic mass is 35.5. The zero-order chi connectivity index (χ0) is 33.5. The molecule has 5 rings (SSSR count). The van der Waals surface area contributed by atoms with Crippen LogP contribution in [0.25, 0.3) is 0 Å². The SMILES string of the molecule is C.COCCN1[C@@H](CC(O)c2ccc(C(=O)OC)cc2[N+](=O)[O-])[C@@H]([N+](=O)[O-])[C@H](c2cccc(Cl)c2F)[C@]12C(=O)Nc1cc(Cl)ccc12. The summed E-state index contributed by atoms with van der Waals surface area (Å²) in [5.41, 5.74) is -2.61. The lowest BCUT2D eigenvalue weighted by atomic mass is 9.73. The number of fused-ring (bicyclic) bond motifs is 2. The van der Waals surface area contributed by atoms with Crippen LogP contribution in [0, 0.1) is 26.0 Å². The van der Waals surface area contributed by atoms with E-state index >= 15 is 4.39 Å². The van der Waals surface area contributed by atoms with Crippen molar-refractivity contribution in [3.05, 3.63) is 113 Å². The first-order valence-corrected chi connectivity index (χ1v) is 14.6. The Hall–Kier alpha value is -4.21. The fourth-order valence-electron chi connectivity index (χ4n) is 6.79. The third-order valence-electron chi connectivity index (χ3n) is 8.59. The molecule has 0 aliphatic carbocycles. The molecule has 1 unspecified atom stereocenters. The molecule has 1 saturated heterocycles. The Morgan fingerprint density at radius 1 is 1.15 bits per heavy atom. The number of benzene rings is 3. The predicted octanol–water partition coefficient (Wildman–Crippen LogP) is 5.49. The Morgan fingerprint density at radius 3 is 2.51 bits per heavy atom. The normalized spacial score (nSPS) is 22.3. The average Bonchev–Trinajstić information content (AvgIpc) is 3.46. The molecule has 13 nitrogen and oxygen atoms in total. The molecule has 250 valence electrons. The number of hydrogen-bond acceptors (Lipinski definition) is 10. The molecule has 3 aromatic carbocycles. The second-order valence-corrected chi connectivity index (χ2v) is 11.7. The van der Waals surface area contributed by atoms with Crippen molar-refractivity contribution >= 4 is 46.5 Å². The first-order valence-electron chi connectivity index (χ1n) is 13.9. The minimum atomic E-state index is -1.92. The van der Waals surface area contributed by atoms with Crippen molar-refractivity contribution in [3.63, 3.8) is 0 Å². The summed E-state index contributed by atoms with van der Waals surface area (Å²) in [7, 11) is 2.49. The van der Waals surface area contributed by atoms with E-state index in [2.05, 4.69) is 10.1 Å². The van der Waals surface area contributed by atoms with Crippen LogP contribution in [0.3, 0.4) is 0 Å². The predicted molar refractivity (Wildman–Crippen MR) is 170 cm³/mol. The first kappa shape index (κ1) is 35.6. The molecule has 2 heterocycles. The van der Waals surface area contributed by atoms with Gasteiger partial charge in [-0.05, 0) is 36.8 Å². The number of ether oxygens (including phenoxy) is 2.